The topological polar surface area (TPSA) is 6.48 Å². The fourth-order valence-corrected chi connectivity index (χ4v) is 17.1. The number of nitrogens with zero attached hydrogens (tertiary/aromatic N) is 2. The lowest BCUT2D eigenvalue weighted by Gasteiger charge is -2.34. The van der Waals surface area contributed by atoms with Crippen LogP contribution in [0.25, 0.3) is 106 Å². The van der Waals surface area contributed by atoms with Gasteiger partial charge in [-0.1, -0.05) is 218 Å². The van der Waals surface area contributed by atoms with Gasteiger partial charge in [0.25, 0.3) is 0 Å². The van der Waals surface area contributed by atoms with E-state index in [1.807, 2.05) is 22.7 Å². The van der Waals surface area contributed by atoms with Crippen LogP contribution in [0.2, 0.25) is 0 Å². The Morgan fingerprint density at radius 3 is 1.07 bits per heavy atom. The van der Waals surface area contributed by atoms with Crippen molar-refractivity contribution in [3.05, 3.63) is 326 Å². The maximum absolute atomic E-state index is 2.63. The van der Waals surface area contributed by atoms with Crippen molar-refractivity contribution in [1.82, 2.24) is 0 Å². The highest BCUT2D eigenvalue weighted by Crippen LogP contribution is 2.69. The summed E-state index contributed by atoms with van der Waals surface area (Å²) in [4.78, 5) is 5.10. The number of fused-ring (bicyclic) bond motifs is 20. The van der Waals surface area contributed by atoms with Crippen molar-refractivity contribution >= 4 is 119 Å². The van der Waals surface area contributed by atoms with Crippen LogP contribution >= 0.6 is 22.7 Å². The van der Waals surface area contributed by atoms with E-state index < -0.39 is 5.41 Å². The summed E-state index contributed by atoms with van der Waals surface area (Å²) in [6.07, 6.45) is 0. The Morgan fingerprint density at radius 2 is 0.624 bits per heavy atom. The second-order valence-electron chi connectivity index (χ2n) is 22.6. The van der Waals surface area contributed by atoms with E-state index in [0.29, 0.717) is 0 Å². The molecule has 0 atom stereocenters. The summed E-state index contributed by atoms with van der Waals surface area (Å²) in [5.74, 6) is 0. The van der Waals surface area contributed by atoms with Crippen LogP contribution in [0.1, 0.15) is 22.3 Å². The molecule has 0 saturated carbocycles. The molecule has 4 heteroatoms. The molecule has 2 aliphatic carbocycles. The lowest BCUT2D eigenvalue weighted by Crippen LogP contribution is -2.26. The van der Waals surface area contributed by atoms with Gasteiger partial charge in [-0.3, -0.25) is 0 Å². The molecule has 14 aromatic carbocycles. The average molecular weight is 1120 g/mol. The second-order valence-corrected chi connectivity index (χ2v) is 24.8. The van der Waals surface area contributed by atoms with E-state index in [1.54, 1.807) is 0 Å². The van der Waals surface area contributed by atoms with Gasteiger partial charge in [-0.15, -0.1) is 22.7 Å². The summed E-state index contributed by atoms with van der Waals surface area (Å²) < 4.78 is 5.15. The molecule has 0 aliphatic heterocycles. The first-order chi connectivity index (χ1) is 42.2. The molecule has 1 spiro atoms. The summed E-state index contributed by atoms with van der Waals surface area (Å²) in [5.41, 5.74) is 21.4. The van der Waals surface area contributed by atoms with Crippen molar-refractivity contribution in [3.63, 3.8) is 0 Å². The van der Waals surface area contributed by atoms with Crippen molar-refractivity contribution in [2.24, 2.45) is 0 Å². The first kappa shape index (κ1) is 48.2. The molecule has 396 valence electrons. The van der Waals surface area contributed by atoms with Crippen molar-refractivity contribution in [2.45, 2.75) is 5.41 Å². The molecule has 2 aliphatic rings. The number of hydrogen-bond acceptors (Lipinski definition) is 4. The predicted octanol–water partition coefficient (Wildman–Crippen LogP) is 23.3. The smallest absolute Gasteiger partial charge is 0.0728 e. The molecule has 0 amide bonds. The van der Waals surface area contributed by atoms with E-state index in [9.17, 15) is 0 Å². The minimum atomic E-state index is -0.713. The Kier molecular flexibility index (Phi) is 10.7. The molecule has 2 heterocycles. The van der Waals surface area contributed by atoms with E-state index in [0.717, 1.165) is 34.1 Å². The monoisotopic (exact) mass is 1110 g/mol. The Balaban J connectivity index is 0.961. The molecule has 2 nitrogen and oxygen atoms in total. The van der Waals surface area contributed by atoms with Crippen LogP contribution in [0, 0.1) is 0 Å². The van der Waals surface area contributed by atoms with Gasteiger partial charge in [0.15, 0.2) is 0 Å². The maximum atomic E-state index is 2.63. The molecule has 0 unspecified atom stereocenters. The van der Waals surface area contributed by atoms with Crippen molar-refractivity contribution in [3.8, 4) is 44.5 Å². The molecule has 0 radical (unpaired) electrons. The number of benzene rings is 14. The van der Waals surface area contributed by atoms with E-state index in [2.05, 4.69) is 313 Å². The van der Waals surface area contributed by atoms with Crippen LogP contribution in [0.15, 0.2) is 303 Å². The quantitative estimate of drug-likeness (QED) is 0.150. The molecule has 2 aromatic heterocycles. The summed E-state index contributed by atoms with van der Waals surface area (Å²) >= 11 is 3.89. The van der Waals surface area contributed by atoms with Crippen LogP contribution in [0.3, 0.4) is 0 Å². The fraction of sp³-hybridized carbons (Fsp3) is 0.0123. The summed E-state index contributed by atoms with van der Waals surface area (Å²) in [7, 11) is 0. The Hall–Kier alpha value is -10.4. The Morgan fingerprint density at radius 1 is 0.259 bits per heavy atom. The standard InChI is InChI=1S/C81H50N2S2/c1-5-21-51(22-6-1)53-37-39-57-47-61(43-41-55(57)45-53)82(59-25-9-3-10-26-59)71-49-69-77(79-75(71)65-31-15-19-35-73(65)84-79)78-70(81(69)67-33-17-13-29-63(67)64-30-14-18-34-68(64)81)50-72(76-66-32-16-20-36-74(66)85-80(76)78)83(60-27-11-4-12-28-60)62-44-42-56-46-54(38-40-58(56)48-62)52-23-7-2-8-24-52/h1-50H. The number of thiophene rings is 2. The van der Waals surface area contributed by atoms with Gasteiger partial charge in [0.1, 0.15) is 0 Å². The number of hydrogen-bond donors (Lipinski definition) is 0. The van der Waals surface area contributed by atoms with Crippen molar-refractivity contribution in [2.75, 3.05) is 9.80 Å². The van der Waals surface area contributed by atoms with E-state index >= 15 is 0 Å². The highest BCUT2D eigenvalue weighted by molar-refractivity contribution is 7.27. The molecule has 18 rings (SSSR count). The predicted molar refractivity (Wildman–Crippen MR) is 364 cm³/mol. The molecular formula is C81H50N2S2. The average Bonchev–Trinajstić information content (AvgIpc) is 1.50. The lowest BCUT2D eigenvalue weighted by molar-refractivity contribution is 0.795. The zero-order chi connectivity index (χ0) is 55.7. The SMILES string of the molecule is c1ccc(-c2ccc3cc(N(c4ccccc4)c4cc5c(c6sc7ccccc7c46)-c4c(cc(N(c6ccccc6)c6ccc7cc(-c8ccccc8)ccc7c6)c6c4sc4ccccc46)C54c5ccccc5-c5ccccc54)ccc3c2)cc1. The normalized spacial score (nSPS) is 12.8. The fourth-order valence-electron chi connectivity index (χ4n) is 14.5. The van der Waals surface area contributed by atoms with E-state index in [1.165, 1.54) is 129 Å². The van der Waals surface area contributed by atoms with Gasteiger partial charge in [-0.2, -0.15) is 0 Å². The lowest BCUT2D eigenvalue weighted by atomic mass is 9.70. The van der Waals surface area contributed by atoms with Gasteiger partial charge in [0, 0.05) is 74.2 Å². The molecule has 16 aromatic rings. The van der Waals surface area contributed by atoms with Gasteiger partial charge in [0.05, 0.1) is 16.8 Å². The zero-order valence-corrected chi connectivity index (χ0v) is 47.7. The van der Waals surface area contributed by atoms with Gasteiger partial charge >= 0.3 is 0 Å². The van der Waals surface area contributed by atoms with Crippen LogP contribution in [-0.4, -0.2) is 0 Å². The minimum absolute atomic E-state index is 0.713. The summed E-state index contributed by atoms with van der Waals surface area (Å²) in [6, 6.07) is 114. The Labute approximate surface area is 500 Å². The summed E-state index contributed by atoms with van der Waals surface area (Å²) in [6.45, 7) is 0. The van der Waals surface area contributed by atoms with Crippen LogP contribution in [-0.2, 0) is 5.41 Å². The van der Waals surface area contributed by atoms with Crippen LogP contribution < -0.4 is 9.80 Å². The zero-order valence-electron chi connectivity index (χ0n) is 46.1. The highest BCUT2D eigenvalue weighted by atomic mass is 32.1. The van der Waals surface area contributed by atoms with Crippen molar-refractivity contribution in [1.29, 1.82) is 0 Å². The molecule has 0 N–H and O–H groups in total. The third-order valence-corrected chi connectivity index (χ3v) is 20.5. The third kappa shape index (κ3) is 7.17. The molecular weight excluding hydrogens is 1070 g/mol. The van der Waals surface area contributed by atoms with Gasteiger partial charge < -0.3 is 9.80 Å². The highest BCUT2D eigenvalue weighted by Gasteiger charge is 2.54. The first-order valence-electron chi connectivity index (χ1n) is 29.2. The maximum Gasteiger partial charge on any atom is 0.0728 e. The molecule has 0 saturated heterocycles. The molecule has 0 bridgehead atoms. The molecule has 85 heavy (non-hydrogen) atoms. The van der Waals surface area contributed by atoms with Crippen LogP contribution in [0.4, 0.5) is 34.1 Å². The first-order valence-corrected chi connectivity index (χ1v) is 30.9. The van der Waals surface area contributed by atoms with Crippen LogP contribution in [0.5, 0.6) is 0 Å². The van der Waals surface area contributed by atoms with Gasteiger partial charge in [-0.25, -0.2) is 0 Å². The van der Waals surface area contributed by atoms with E-state index in [4.69, 9.17) is 0 Å². The number of rotatable bonds is 8. The van der Waals surface area contributed by atoms with E-state index in [-0.39, 0.29) is 0 Å². The number of para-hydroxylation sites is 2. The minimum Gasteiger partial charge on any atom is -0.310 e. The molecule has 0 fully saturated rings. The Bertz CT molecular complexity index is 5040. The van der Waals surface area contributed by atoms with Crippen molar-refractivity contribution < 1.29 is 0 Å². The largest absolute Gasteiger partial charge is 0.310 e. The van der Waals surface area contributed by atoms with Gasteiger partial charge in [-0.05, 0) is 162 Å². The second kappa shape index (κ2) is 18.8. The number of anilines is 6. The summed E-state index contributed by atoms with van der Waals surface area (Å²) in [5, 5.41) is 9.85. The van der Waals surface area contributed by atoms with Gasteiger partial charge in [0.2, 0.25) is 0 Å². The third-order valence-electron chi connectivity index (χ3n) is 18.2.